The number of carbonyl (C=O) groups is 2. The first-order chi connectivity index (χ1) is 7.09. The van der Waals surface area contributed by atoms with Gasteiger partial charge in [0.25, 0.3) is 0 Å². The predicted molar refractivity (Wildman–Crippen MR) is 53.7 cm³/mol. The molecule has 0 spiro atoms. The van der Waals surface area contributed by atoms with Gasteiger partial charge in [0.2, 0.25) is 5.78 Å². The van der Waals surface area contributed by atoms with Crippen LogP contribution in [0.25, 0.3) is 0 Å². The highest BCUT2D eigenvalue weighted by atomic mass is 16.3. The maximum absolute atomic E-state index is 11.5. The van der Waals surface area contributed by atoms with E-state index >= 15 is 0 Å². The summed E-state index contributed by atoms with van der Waals surface area (Å²) in [6.07, 6.45) is 1.56. The number of hydrogen-bond acceptors (Lipinski definition) is 4. The van der Waals surface area contributed by atoms with Gasteiger partial charge in [-0.2, -0.15) is 0 Å². The van der Waals surface area contributed by atoms with Crippen LogP contribution in [0, 0.1) is 0 Å². The molecule has 0 radical (unpaired) electrons. The number of rotatable bonds is 3. The molecule has 0 aromatic heterocycles. The van der Waals surface area contributed by atoms with E-state index in [0.29, 0.717) is 11.3 Å². The summed E-state index contributed by atoms with van der Waals surface area (Å²) in [7, 11) is 0. The van der Waals surface area contributed by atoms with Crippen molar-refractivity contribution in [2.45, 2.75) is 6.92 Å². The maximum atomic E-state index is 11.5. The van der Waals surface area contributed by atoms with Crippen LogP contribution < -0.4 is 5.32 Å². The Hall–Kier alpha value is -2.10. The average molecular weight is 203 g/mol. The van der Waals surface area contributed by atoms with Crippen LogP contribution in [-0.4, -0.2) is 16.7 Å². The van der Waals surface area contributed by atoms with Gasteiger partial charge in [0.15, 0.2) is 5.78 Å². The molecular formula is C11H9NO3. The normalized spacial score (nSPS) is 12.7. The molecule has 1 heterocycles. The van der Waals surface area contributed by atoms with E-state index in [1.54, 1.807) is 6.20 Å². The molecule has 1 aromatic carbocycles. The van der Waals surface area contributed by atoms with Crippen LogP contribution in [-0.2, 0) is 0 Å². The lowest BCUT2D eigenvalue weighted by molar-refractivity contribution is 0.101. The molecule has 0 amide bonds. The van der Waals surface area contributed by atoms with Crippen molar-refractivity contribution in [3.05, 3.63) is 41.2 Å². The van der Waals surface area contributed by atoms with Crippen LogP contribution in [0.5, 0.6) is 5.75 Å². The molecular weight excluding hydrogens is 194 g/mol. The van der Waals surface area contributed by atoms with Crippen molar-refractivity contribution in [1.29, 1.82) is 0 Å². The van der Waals surface area contributed by atoms with Gasteiger partial charge in [-0.3, -0.25) is 9.59 Å². The van der Waals surface area contributed by atoms with Gasteiger partial charge in [-0.1, -0.05) is 6.07 Å². The first-order valence-corrected chi connectivity index (χ1v) is 4.45. The molecule has 1 aliphatic heterocycles. The summed E-state index contributed by atoms with van der Waals surface area (Å²) in [5.74, 6) is -0.571. The molecule has 15 heavy (non-hydrogen) atoms. The van der Waals surface area contributed by atoms with Gasteiger partial charge >= 0.3 is 0 Å². The Kier molecular flexibility index (Phi) is 2.04. The van der Waals surface area contributed by atoms with Crippen molar-refractivity contribution < 1.29 is 14.7 Å². The number of aromatic hydroxyl groups is 1. The lowest BCUT2D eigenvalue weighted by Crippen LogP contribution is -2.02. The minimum atomic E-state index is -0.261. The smallest absolute Gasteiger partial charge is 0.214 e. The Labute approximate surface area is 86.2 Å². The third-order valence-corrected chi connectivity index (χ3v) is 2.18. The molecule has 1 aromatic rings. The van der Waals surface area contributed by atoms with Crippen molar-refractivity contribution in [2.24, 2.45) is 0 Å². The second-order valence-electron chi connectivity index (χ2n) is 3.32. The number of nitrogens with one attached hydrogen (secondary N) is 1. The molecule has 0 saturated carbocycles. The molecule has 2 rings (SSSR count). The third-order valence-electron chi connectivity index (χ3n) is 2.18. The van der Waals surface area contributed by atoms with Crippen molar-refractivity contribution in [2.75, 3.05) is 0 Å². The summed E-state index contributed by atoms with van der Waals surface area (Å²) in [4.78, 5) is 22.5. The minimum absolute atomic E-state index is 0.145. The summed E-state index contributed by atoms with van der Waals surface area (Å²) in [6, 6.07) is 4.28. The predicted octanol–water partition coefficient (Wildman–Crippen LogP) is 1.22. The number of ketones is 2. The van der Waals surface area contributed by atoms with Crippen LogP contribution in [0.3, 0.4) is 0 Å². The number of hydrogen-bond donors (Lipinski definition) is 2. The molecule has 4 nitrogen and oxygen atoms in total. The molecule has 2 N–H and O–H groups in total. The fourth-order valence-electron chi connectivity index (χ4n) is 1.25. The van der Waals surface area contributed by atoms with Gasteiger partial charge in [0.05, 0.1) is 5.56 Å². The standard InChI is InChI=1S/C11H9NO3/c1-6(13)7-2-3-8(10(14)4-7)11(15)9-5-12-9/h2-5,12,14H,1H3. The van der Waals surface area contributed by atoms with E-state index in [1.807, 2.05) is 0 Å². The number of benzene rings is 1. The average Bonchev–Trinajstić information content (AvgIpc) is 2.99. The molecule has 4 heteroatoms. The second-order valence-corrected chi connectivity index (χ2v) is 3.32. The van der Waals surface area contributed by atoms with E-state index in [9.17, 15) is 14.7 Å². The fraction of sp³-hybridized carbons (Fsp3) is 0.0909. The summed E-state index contributed by atoms with van der Waals surface area (Å²) in [5, 5.41) is 12.2. The summed E-state index contributed by atoms with van der Waals surface area (Å²) >= 11 is 0. The lowest BCUT2D eigenvalue weighted by Gasteiger charge is -2.02. The molecule has 0 aliphatic carbocycles. The molecule has 1 aliphatic rings. The highest BCUT2D eigenvalue weighted by Gasteiger charge is 2.21. The third kappa shape index (κ3) is 1.74. The van der Waals surface area contributed by atoms with Gasteiger partial charge in [0, 0.05) is 11.8 Å². The number of phenols is 1. The number of carbonyl (C=O) groups excluding carboxylic acids is 2. The zero-order valence-corrected chi connectivity index (χ0v) is 8.07. The van der Waals surface area contributed by atoms with E-state index in [1.165, 1.54) is 25.1 Å². The van der Waals surface area contributed by atoms with Gasteiger partial charge < -0.3 is 10.4 Å². The molecule has 76 valence electrons. The zero-order valence-electron chi connectivity index (χ0n) is 8.07. The molecule has 0 atom stereocenters. The van der Waals surface area contributed by atoms with Crippen LogP contribution in [0.2, 0.25) is 0 Å². The molecule has 0 unspecified atom stereocenters. The monoisotopic (exact) mass is 203 g/mol. The van der Waals surface area contributed by atoms with Gasteiger partial charge in [-0.25, -0.2) is 0 Å². The first kappa shape index (κ1) is 9.45. The Bertz CT molecular complexity index is 489. The number of allylic oxidation sites excluding steroid dienone is 1. The first-order valence-electron chi connectivity index (χ1n) is 4.45. The van der Waals surface area contributed by atoms with E-state index in [-0.39, 0.29) is 22.9 Å². The van der Waals surface area contributed by atoms with Crippen molar-refractivity contribution in [3.63, 3.8) is 0 Å². The van der Waals surface area contributed by atoms with Gasteiger partial charge in [0.1, 0.15) is 11.4 Å². The highest BCUT2D eigenvalue weighted by molar-refractivity contribution is 6.12. The van der Waals surface area contributed by atoms with E-state index < -0.39 is 0 Å². The number of phenolic OH excluding ortho intramolecular Hbond substituents is 1. The molecule has 0 fully saturated rings. The lowest BCUT2D eigenvalue weighted by atomic mass is 10.0. The Morgan fingerprint density at radius 1 is 1.33 bits per heavy atom. The van der Waals surface area contributed by atoms with Crippen LogP contribution >= 0.6 is 0 Å². The zero-order chi connectivity index (χ0) is 11.0. The van der Waals surface area contributed by atoms with Gasteiger partial charge in [-0.15, -0.1) is 0 Å². The van der Waals surface area contributed by atoms with Crippen LogP contribution in [0.4, 0.5) is 0 Å². The Morgan fingerprint density at radius 2 is 2.00 bits per heavy atom. The van der Waals surface area contributed by atoms with Crippen LogP contribution in [0.15, 0.2) is 30.1 Å². The van der Waals surface area contributed by atoms with Crippen molar-refractivity contribution >= 4 is 11.6 Å². The summed E-state index contributed by atoms with van der Waals surface area (Å²) in [5.41, 5.74) is 1.07. The van der Waals surface area contributed by atoms with Crippen molar-refractivity contribution in [3.8, 4) is 5.75 Å². The summed E-state index contributed by atoms with van der Waals surface area (Å²) in [6.45, 7) is 1.40. The fourth-order valence-corrected chi connectivity index (χ4v) is 1.25. The molecule has 0 bridgehead atoms. The maximum Gasteiger partial charge on any atom is 0.214 e. The minimum Gasteiger partial charge on any atom is -0.507 e. The Morgan fingerprint density at radius 3 is 2.47 bits per heavy atom. The van der Waals surface area contributed by atoms with Crippen LogP contribution in [0.1, 0.15) is 27.6 Å². The largest absolute Gasteiger partial charge is 0.507 e. The topological polar surface area (TPSA) is 76.3 Å². The molecule has 0 saturated heterocycles. The number of Topliss-reactive ketones (excluding diaryl/α,β-unsaturated/α-hetero) is 2. The van der Waals surface area contributed by atoms with Crippen molar-refractivity contribution in [1.82, 2.24) is 5.32 Å². The van der Waals surface area contributed by atoms with E-state index in [2.05, 4.69) is 5.32 Å². The second kappa shape index (κ2) is 3.24. The van der Waals surface area contributed by atoms with Gasteiger partial charge in [-0.05, 0) is 19.1 Å². The van der Waals surface area contributed by atoms with E-state index in [4.69, 9.17) is 0 Å². The quantitative estimate of drug-likeness (QED) is 0.724. The highest BCUT2D eigenvalue weighted by Crippen LogP contribution is 2.23. The van der Waals surface area contributed by atoms with E-state index in [0.717, 1.165) is 0 Å². The Balaban J connectivity index is 2.38. The SMILES string of the molecule is CC(=O)c1ccc(C(=O)C2=CN2)c(O)c1. The summed E-state index contributed by atoms with van der Waals surface area (Å²) < 4.78 is 0.